The largest absolute Gasteiger partial charge is 0.0651 e. The first-order chi connectivity index (χ1) is 3.83. The lowest BCUT2D eigenvalue weighted by atomic mass is 10.0. The Balaban J connectivity index is 1.98. The average Bonchev–Trinajstić information content (AvgIpc) is 2.50. The molecule has 0 N–H and O–H groups in total. The number of rotatable bonds is 3. The van der Waals surface area contributed by atoms with E-state index < -0.39 is 0 Å². The molecule has 0 aromatic carbocycles. The highest BCUT2D eigenvalue weighted by molar-refractivity contribution is 4.89. The molecule has 0 spiro atoms. The molecule has 0 aromatic heterocycles. The summed E-state index contributed by atoms with van der Waals surface area (Å²) in [4.78, 5) is 0. The summed E-state index contributed by atoms with van der Waals surface area (Å²) < 4.78 is 0. The molecule has 0 heterocycles. The fraction of sp³-hybridized carbons (Fsp3) is 0.875. The van der Waals surface area contributed by atoms with Gasteiger partial charge in [0.1, 0.15) is 0 Å². The van der Waals surface area contributed by atoms with Crippen LogP contribution in [0.4, 0.5) is 0 Å². The molecule has 8 heavy (non-hydrogen) atoms. The molecule has 1 unspecified atom stereocenters. The van der Waals surface area contributed by atoms with Crippen molar-refractivity contribution in [1.82, 2.24) is 0 Å². The van der Waals surface area contributed by atoms with Gasteiger partial charge in [-0.25, -0.2) is 0 Å². The predicted molar refractivity (Wildman–Crippen MR) is 36.5 cm³/mol. The Morgan fingerprint density at radius 2 is 2.25 bits per heavy atom. The molecule has 1 saturated carbocycles. The van der Waals surface area contributed by atoms with Crippen molar-refractivity contribution >= 4 is 0 Å². The summed E-state index contributed by atoms with van der Waals surface area (Å²) in [6.45, 7) is 4.56. The maximum Gasteiger partial charge on any atom is -0.0327 e. The van der Waals surface area contributed by atoms with Crippen LogP contribution in [0.2, 0.25) is 0 Å². The van der Waals surface area contributed by atoms with Crippen molar-refractivity contribution in [3.05, 3.63) is 6.42 Å². The van der Waals surface area contributed by atoms with Crippen molar-refractivity contribution < 1.29 is 0 Å². The van der Waals surface area contributed by atoms with Crippen LogP contribution in [0.3, 0.4) is 0 Å². The molecular weight excluding hydrogens is 96.1 g/mol. The second kappa shape index (κ2) is 2.52. The van der Waals surface area contributed by atoms with Gasteiger partial charge in [0.15, 0.2) is 0 Å². The van der Waals surface area contributed by atoms with Crippen LogP contribution in [0.1, 0.15) is 33.1 Å². The molecule has 0 nitrogen and oxygen atoms in total. The zero-order valence-electron chi connectivity index (χ0n) is 5.85. The first-order valence-electron chi connectivity index (χ1n) is 3.68. The molecule has 0 heteroatoms. The standard InChI is InChI=1S/C8H15/c1-3-7(2)6-8-4-5-8/h6-8H,3-5H2,1-2H3. The van der Waals surface area contributed by atoms with Crippen LogP contribution in [-0.4, -0.2) is 0 Å². The summed E-state index contributed by atoms with van der Waals surface area (Å²) in [5.74, 6) is 1.87. The van der Waals surface area contributed by atoms with Crippen LogP contribution in [-0.2, 0) is 0 Å². The minimum Gasteiger partial charge on any atom is -0.0651 e. The van der Waals surface area contributed by atoms with E-state index in [1.165, 1.54) is 19.3 Å². The van der Waals surface area contributed by atoms with Gasteiger partial charge in [-0.05, 0) is 31.1 Å². The molecule has 47 valence electrons. The van der Waals surface area contributed by atoms with E-state index in [-0.39, 0.29) is 0 Å². The van der Waals surface area contributed by atoms with Crippen molar-refractivity contribution in [3.8, 4) is 0 Å². The molecule has 0 aliphatic heterocycles. The van der Waals surface area contributed by atoms with Gasteiger partial charge in [0.05, 0.1) is 0 Å². The number of hydrogen-bond acceptors (Lipinski definition) is 0. The molecule has 0 amide bonds. The minimum absolute atomic E-state index is 0.863. The van der Waals surface area contributed by atoms with Crippen molar-refractivity contribution in [2.24, 2.45) is 11.8 Å². The summed E-state index contributed by atoms with van der Waals surface area (Å²) in [5, 5.41) is 0. The summed E-state index contributed by atoms with van der Waals surface area (Å²) in [6.07, 6.45) is 6.74. The maximum atomic E-state index is 2.50. The van der Waals surface area contributed by atoms with Crippen LogP contribution in [0, 0.1) is 18.3 Å². The van der Waals surface area contributed by atoms with E-state index in [4.69, 9.17) is 0 Å². The van der Waals surface area contributed by atoms with Gasteiger partial charge in [-0.2, -0.15) is 0 Å². The molecule has 1 radical (unpaired) electrons. The Morgan fingerprint density at radius 1 is 1.62 bits per heavy atom. The van der Waals surface area contributed by atoms with E-state index in [1.54, 1.807) is 0 Å². The van der Waals surface area contributed by atoms with Crippen molar-refractivity contribution in [2.75, 3.05) is 0 Å². The summed E-state index contributed by atoms with van der Waals surface area (Å²) >= 11 is 0. The second-order valence-electron chi connectivity index (χ2n) is 2.92. The van der Waals surface area contributed by atoms with Gasteiger partial charge in [0, 0.05) is 0 Å². The minimum atomic E-state index is 0.863. The Morgan fingerprint density at radius 3 is 2.62 bits per heavy atom. The molecule has 1 aliphatic carbocycles. The highest BCUT2D eigenvalue weighted by Gasteiger charge is 2.22. The molecule has 0 aromatic rings. The molecule has 1 rings (SSSR count). The smallest absolute Gasteiger partial charge is 0.0327 e. The fourth-order valence-electron chi connectivity index (χ4n) is 0.889. The van der Waals surface area contributed by atoms with Gasteiger partial charge in [0.25, 0.3) is 0 Å². The van der Waals surface area contributed by atoms with E-state index in [0.29, 0.717) is 0 Å². The SMILES string of the molecule is CCC(C)[CH]C1CC1. The van der Waals surface area contributed by atoms with Gasteiger partial charge >= 0.3 is 0 Å². The topological polar surface area (TPSA) is 0 Å². The zero-order chi connectivity index (χ0) is 5.98. The Labute approximate surface area is 52.3 Å². The Kier molecular flexibility index (Phi) is 1.93. The van der Waals surface area contributed by atoms with Gasteiger partial charge < -0.3 is 0 Å². The molecular formula is C8H15. The van der Waals surface area contributed by atoms with E-state index >= 15 is 0 Å². The van der Waals surface area contributed by atoms with E-state index in [0.717, 1.165) is 11.8 Å². The summed E-state index contributed by atoms with van der Waals surface area (Å²) in [6, 6.07) is 0. The average molecular weight is 111 g/mol. The highest BCUT2D eigenvalue weighted by atomic mass is 14.3. The van der Waals surface area contributed by atoms with Crippen LogP contribution < -0.4 is 0 Å². The third-order valence-electron chi connectivity index (χ3n) is 1.87. The van der Waals surface area contributed by atoms with Crippen LogP contribution in [0.25, 0.3) is 0 Å². The van der Waals surface area contributed by atoms with Gasteiger partial charge in [-0.3, -0.25) is 0 Å². The Hall–Kier alpha value is 0. The van der Waals surface area contributed by atoms with Crippen LogP contribution >= 0.6 is 0 Å². The zero-order valence-corrected chi connectivity index (χ0v) is 5.85. The predicted octanol–water partition coefficient (Wildman–Crippen LogP) is 2.65. The normalized spacial score (nSPS) is 23.2. The lowest BCUT2D eigenvalue weighted by Gasteiger charge is -2.03. The van der Waals surface area contributed by atoms with Crippen molar-refractivity contribution in [1.29, 1.82) is 0 Å². The fourth-order valence-corrected chi connectivity index (χ4v) is 0.889. The van der Waals surface area contributed by atoms with E-state index in [2.05, 4.69) is 20.3 Å². The molecule has 0 saturated heterocycles. The molecule has 0 bridgehead atoms. The third-order valence-corrected chi connectivity index (χ3v) is 1.87. The quantitative estimate of drug-likeness (QED) is 0.525. The van der Waals surface area contributed by atoms with Crippen molar-refractivity contribution in [2.45, 2.75) is 33.1 Å². The van der Waals surface area contributed by atoms with Gasteiger partial charge in [0.2, 0.25) is 0 Å². The number of hydrogen-bond donors (Lipinski definition) is 0. The van der Waals surface area contributed by atoms with Crippen molar-refractivity contribution in [3.63, 3.8) is 0 Å². The third kappa shape index (κ3) is 1.85. The monoisotopic (exact) mass is 111 g/mol. The second-order valence-corrected chi connectivity index (χ2v) is 2.92. The lowest BCUT2D eigenvalue weighted by Crippen LogP contribution is -1.93. The first kappa shape index (κ1) is 6.12. The van der Waals surface area contributed by atoms with Crippen LogP contribution in [0.15, 0.2) is 0 Å². The molecule has 1 fully saturated rings. The lowest BCUT2D eigenvalue weighted by molar-refractivity contribution is 0.607. The Bertz CT molecular complexity index is 62.4. The summed E-state index contributed by atoms with van der Waals surface area (Å²) in [7, 11) is 0. The highest BCUT2D eigenvalue weighted by Crippen LogP contribution is 2.34. The maximum absolute atomic E-state index is 2.50. The van der Waals surface area contributed by atoms with Gasteiger partial charge in [-0.15, -0.1) is 0 Å². The van der Waals surface area contributed by atoms with E-state index in [9.17, 15) is 0 Å². The van der Waals surface area contributed by atoms with E-state index in [1.807, 2.05) is 0 Å². The molecule has 1 atom stereocenters. The van der Waals surface area contributed by atoms with Crippen LogP contribution in [0.5, 0.6) is 0 Å². The first-order valence-corrected chi connectivity index (χ1v) is 3.68. The molecule has 1 aliphatic rings. The summed E-state index contributed by atoms with van der Waals surface area (Å²) in [5.41, 5.74) is 0. The van der Waals surface area contributed by atoms with Gasteiger partial charge in [-0.1, -0.05) is 20.3 Å².